The van der Waals surface area contributed by atoms with Gasteiger partial charge >= 0.3 is 0 Å². The number of rotatable bonds is 7. The van der Waals surface area contributed by atoms with Gasteiger partial charge in [-0.2, -0.15) is 10.4 Å². The number of hydrogen-bond donors (Lipinski definition) is 2. The maximum absolute atomic E-state index is 15.2. The number of nitrogens with zero attached hydrogens (tertiary/aromatic N) is 4. The number of carbonyl (C=O) groups excluding carboxylic acids is 1. The minimum atomic E-state index is -1.29. The number of likely N-dealkylation sites (tertiary alicyclic amines) is 1. The van der Waals surface area contributed by atoms with E-state index in [0.717, 1.165) is 0 Å². The van der Waals surface area contributed by atoms with E-state index in [1.54, 1.807) is 55.1 Å². The van der Waals surface area contributed by atoms with Crippen LogP contribution in [0.3, 0.4) is 0 Å². The number of nitriles is 1. The molecule has 1 aromatic heterocycles. The van der Waals surface area contributed by atoms with Crippen molar-refractivity contribution in [2.75, 3.05) is 18.9 Å². The Labute approximate surface area is 256 Å². The Morgan fingerprint density at radius 1 is 1.19 bits per heavy atom. The van der Waals surface area contributed by atoms with Crippen LogP contribution in [0, 0.1) is 28.4 Å². The number of carbonyl (C=O) groups is 1. The summed E-state index contributed by atoms with van der Waals surface area (Å²) in [5.41, 5.74) is -1.64. The lowest BCUT2D eigenvalue weighted by Crippen LogP contribution is -2.45. The molecule has 226 valence electrons. The molecule has 0 aliphatic carbocycles. The number of hydrogen-bond acceptors (Lipinski definition) is 5. The minimum absolute atomic E-state index is 0.00663. The van der Waals surface area contributed by atoms with Crippen molar-refractivity contribution < 1.29 is 18.7 Å². The van der Waals surface area contributed by atoms with E-state index in [4.69, 9.17) is 23.2 Å². The van der Waals surface area contributed by atoms with Gasteiger partial charge in [0, 0.05) is 41.4 Å². The van der Waals surface area contributed by atoms with Gasteiger partial charge < -0.3 is 15.3 Å². The summed E-state index contributed by atoms with van der Waals surface area (Å²) in [4.78, 5) is 12.1. The Kier molecular flexibility index (Phi) is 10.4. The molecule has 0 bridgehead atoms. The highest BCUT2D eigenvalue weighted by Gasteiger charge is 2.57. The predicted octanol–water partition coefficient (Wildman–Crippen LogP) is 6.79. The second-order valence-electron chi connectivity index (χ2n) is 12.5. The Morgan fingerprint density at radius 2 is 1.88 bits per heavy atom. The highest BCUT2D eigenvalue weighted by Crippen LogP contribution is 2.53. The van der Waals surface area contributed by atoms with Crippen LogP contribution in [0.4, 0.5) is 14.6 Å². The van der Waals surface area contributed by atoms with E-state index in [2.05, 4.69) is 37.3 Å². The zero-order chi connectivity index (χ0) is 31.5. The summed E-state index contributed by atoms with van der Waals surface area (Å²) in [7, 11) is 1.90. The van der Waals surface area contributed by atoms with Crippen molar-refractivity contribution in [2.24, 2.45) is 5.41 Å². The van der Waals surface area contributed by atoms with Crippen molar-refractivity contribution in [2.45, 2.75) is 70.6 Å². The zero-order valence-corrected chi connectivity index (χ0v) is 26.1. The Bertz CT molecular complexity index is 1440. The molecule has 1 saturated heterocycles. The summed E-state index contributed by atoms with van der Waals surface area (Å²) in [5.74, 6) is -1.21. The molecule has 2 N–H and O–H groups in total. The SMILES string of the molecule is CC(C)(O)Cn1ccc(NC=O)n1.CN1CC(c2cccc(Cl)c2F)[C@@](C#N)(c2ccc(Cl)cc2F)C1CC(C)(C)C. The van der Waals surface area contributed by atoms with E-state index >= 15 is 8.78 Å². The molecule has 4 rings (SSSR count). The van der Waals surface area contributed by atoms with Crippen LogP contribution >= 0.6 is 23.2 Å². The number of nitrogens with one attached hydrogen (secondary N) is 1. The third-order valence-electron chi connectivity index (χ3n) is 7.20. The van der Waals surface area contributed by atoms with Gasteiger partial charge in [-0.05, 0) is 56.5 Å². The van der Waals surface area contributed by atoms with Crippen LogP contribution in [0.2, 0.25) is 10.0 Å². The van der Waals surface area contributed by atoms with E-state index in [0.29, 0.717) is 37.3 Å². The van der Waals surface area contributed by atoms with Gasteiger partial charge in [0.2, 0.25) is 6.41 Å². The summed E-state index contributed by atoms with van der Waals surface area (Å²) in [6, 6.07) is 12.9. The summed E-state index contributed by atoms with van der Waals surface area (Å²) in [6.45, 7) is 10.4. The van der Waals surface area contributed by atoms with Gasteiger partial charge in [-0.15, -0.1) is 0 Å². The maximum Gasteiger partial charge on any atom is 0.212 e. The quantitative estimate of drug-likeness (QED) is 0.284. The topological polar surface area (TPSA) is 94.2 Å². The van der Waals surface area contributed by atoms with E-state index in [9.17, 15) is 15.2 Å². The van der Waals surface area contributed by atoms with Gasteiger partial charge in [0.25, 0.3) is 0 Å². The molecule has 1 aliphatic rings. The van der Waals surface area contributed by atoms with Gasteiger partial charge in [0.1, 0.15) is 17.0 Å². The Balaban J connectivity index is 0.000000312. The first kappa shape index (κ1) is 33.5. The molecule has 2 aromatic carbocycles. The number of anilines is 1. The van der Waals surface area contributed by atoms with Crippen molar-refractivity contribution in [3.8, 4) is 6.07 Å². The average Bonchev–Trinajstić information content (AvgIpc) is 3.41. The molecule has 3 aromatic rings. The molecule has 1 amide bonds. The molecule has 1 aliphatic heterocycles. The normalized spacial score (nSPS) is 20.9. The van der Waals surface area contributed by atoms with E-state index in [1.165, 1.54) is 12.1 Å². The van der Waals surface area contributed by atoms with Crippen molar-refractivity contribution >= 4 is 35.4 Å². The first-order valence-electron chi connectivity index (χ1n) is 13.5. The predicted molar refractivity (Wildman–Crippen MR) is 162 cm³/mol. The molecule has 0 spiro atoms. The second-order valence-corrected chi connectivity index (χ2v) is 13.3. The molecule has 7 nitrogen and oxygen atoms in total. The van der Waals surface area contributed by atoms with Crippen LogP contribution in [0.25, 0.3) is 0 Å². The third-order valence-corrected chi connectivity index (χ3v) is 7.73. The monoisotopic (exact) mass is 619 g/mol. The highest BCUT2D eigenvalue weighted by atomic mass is 35.5. The largest absolute Gasteiger partial charge is 0.389 e. The standard InChI is InChI=1S/C23H24Cl2F2N2.C8H13N3O2/c1-22(2,3)11-20-23(13-28,16-9-8-14(24)10-19(16)26)17(12-29(20)4)15-6-5-7-18(25)21(15)27;1-8(2,13)5-11-4-3-7(10-11)9-6-12/h5-10,17,20H,11-12H2,1-4H3;3-4,6,13H,5H2,1-2H3,(H,9,10,12)/t17?,20?,23-;/m1./s1. The average molecular weight is 621 g/mol. The number of likely N-dealkylation sites (N-methyl/N-ethyl adjacent to an activating group) is 1. The van der Waals surface area contributed by atoms with Crippen molar-refractivity contribution in [1.82, 2.24) is 14.7 Å². The fourth-order valence-electron chi connectivity index (χ4n) is 5.56. The molecule has 3 atom stereocenters. The van der Waals surface area contributed by atoms with Crippen molar-refractivity contribution in [1.29, 1.82) is 5.26 Å². The fraction of sp³-hybridized carbons (Fsp3) is 0.452. The summed E-state index contributed by atoms with van der Waals surface area (Å²) < 4.78 is 31.8. The Morgan fingerprint density at radius 3 is 2.45 bits per heavy atom. The lowest BCUT2D eigenvalue weighted by atomic mass is 9.64. The van der Waals surface area contributed by atoms with Crippen LogP contribution in [0.15, 0.2) is 48.7 Å². The molecule has 0 radical (unpaired) electrons. The molecule has 1 fully saturated rings. The summed E-state index contributed by atoms with van der Waals surface area (Å²) >= 11 is 12.0. The van der Waals surface area contributed by atoms with Crippen molar-refractivity contribution in [3.63, 3.8) is 0 Å². The molecular weight excluding hydrogens is 583 g/mol. The lowest BCUT2D eigenvalue weighted by Gasteiger charge is -2.38. The molecule has 0 saturated carbocycles. The van der Waals surface area contributed by atoms with E-state index in [-0.39, 0.29) is 27.1 Å². The number of halogens is 4. The molecule has 11 heteroatoms. The zero-order valence-electron chi connectivity index (χ0n) is 24.6. The number of aromatic nitrogens is 2. The molecular formula is C31H37Cl2F2N5O2. The summed E-state index contributed by atoms with van der Waals surface area (Å²) in [5, 5.41) is 26.6. The van der Waals surface area contributed by atoms with Gasteiger partial charge in [-0.1, -0.05) is 62.2 Å². The lowest BCUT2D eigenvalue weighted by molar-refractivity contribution is -0.105. The van der Waals surface area contributed by atoms with Crippen LogP contribution in [-0.2, 0) is 16.8 Å². The molecule has 2 unspecified atom stereocenters. The number of benzene rings is 2. The smallest absolute Gasteiger partial charge is 0.212 e. The van der Waals surface area contributed by atoms with Gasteiger partial charge in [0.05, 0.1) is 23.2 Å². The van der Waals surface area contributed by atoms with Crippen LogP contribution < -0.4 is 5.32 Å². The van der Waals surface area contributed by atoms with Gasteiger partial charge in [-0.25, -0.2) is 8.78 Å². The van der Waals surface area contributed by atoms with Crippen LogP contribution in [0.5, 0.6) is 0 Å². The van der Waals surface area contributed by atoms with Gasteiger partial charge in [-0.3, -0.25) is 9.48 Å². The van der Waals surface area contributed by atoms with Crippen LogP contribution in [0.1, 0.15) is 58.1 Å². The third kappa shape index (κ3) is 7.67. The van der Waals surface area contributed by atoms with Crippen LogP contribution in [-0.4, -0.2) is 51.4 Å². The minimum Gasteiger partial charge on any atom is -0.389 e. The molecule has 42 heavy (non-hydrogen) atoms. The number of aliphatic hydroxyl groups is 1. The fourth-order valence-corrected chi connectivity index (χ4v) is 5.90. The number of amides is 1. The highest BCUT2D eigenvalue weighted by molar-refractivity contribution is 6.31. The van der Waals surface area contributed by atoms with Crippen molar-refractivity contribution in [3.05, 3.63) is 81.5 Å². The first-order valence-corrected chi connectivity index (χ1v) is 14.2. The summed E-state index contributed by atoms with van der Waals surface area (Å²) in [6.07, 6.45) is 2.90. The Hall–Kier alpha value is -3.03. The van der Waals surface area contributed by atoms with E-state index in [1.807, 2.05) is 11.9 Å². The van der Waals surface area contributed by atoms with Gasteiger partial charge in [0.15, 0.2) is 5.82 Å². The maximum atomic E-state index is 15.2. The second kappa shape index (κ2) is 13.1. The molecule has 2 heterocycles. The first-order chi connectivity index (χ1) is 19.5. The van der Waals surface area contributed by atoms with E-state index < -0.39 is 28.6 Å².